The molecule has 1 aliphatic heterocycles. The van der Waals surface area contributed by atoms with E-state index < -0.39 is 0 Å². The molecule has 3 heterocycles. The number of anilines is 1. The number of aryl methyl sites for hydroxylation is 1. The van der Waals surface area contributed by atoms with E-state index in [1.165, 1.54) is 11.3 Å². The minimum absolute atomic E-state index is 0.320. The summed E-state index contributed by atoms with van der Waals surface area (Å²) in [6, 6.07) is 6.62. The SMILES string of the molecule is CCCc1cc2n(n1)C(c1cccnc1)CCN2. The molecule has 1 atom stereocenters. The maximum Gasteiger partial charge on any atom is 0.125 e. The summed E-state index contributed by atoms with van der Waals surface area (Å²) in [6.45, 7) is 3.18. The van der Waals surface area contributed by atoms with Crippen LogP contribution in [0, 0.1) is 0 Å². The number of nitrogens with zero attached hydrogens (tertiary/aromatic N) is 3. The Bertz CT molecular complexity index is 518. The number of rotatable bonds is 3. The number of fused-ring (bicyclic) bond motifs is 1. The second-order valence-corrected chi connectivity index (χ2v) is 4.73. The van der Waals surface area contributed by atoms with E-state index in [4.69, 9.17) is 5.10 Å². The van der Waals surface area contributed by atoms with Crippen LogP contribution in [-0.2, 0) is 6.42 Å². The summed E-state index contributed by atoms with van der Waals surface area (Å²) < 4.78 is 2.12. The van der Waals surface area contributed by atoms with Crippen LogP contribution < -0.4 is 5.32 Å². The predicted octanol–water partition coefficient (Wildman–Crippen LogP) is 2.64. The van der Waals surface area contributed by atoms with Gasteiger partial charge in [-0.15, -0.1) is 0 Å². The van der Waals surface area contributed by atoms with Crippen molar-refractivity contribution in [1.29, 1.82) is 0 Å². The van der Waals surface area contributed by atoms with E-state index >= 15 is 0 Å². The first-order valence-electron chi connectivity index (χ1n) is 6.60. The number of aromatic nitrogens is 3. The van der Waals surface area contributed by atoms with Gasteiger partial charge in [-0.1, -0.05) is 19.4 Å². The third-order valence-electron chi connectivity index (χ3n) is 3.38. The van der Waals surface area contributed by atoms with E-state index in [2.05, 4.69) is 34.0 Å². The molecule has 0 radical (unpaired) electrons. The molecule has 1 unspecified atom stereocenters. The Morgan fingerprint density at radius 1 is 1.50 bits per heavy atom. The van der Waals surface area contributed by atoms with Crippen molar-refractivity contribution in [2.45, 2.75) is 32.2 Å². The van der Waals surface area contributed by atoms with Crippen molar-refractivity contribution in [2.24, 2.45) is 0 Å². The smallest absolute Gasteiger partial charge is 0.125 e. The zero-order chi connectivity index (χ0) is 12.4. The Kier molecular flexibility index (Phi) is 3.00. The molecule has 2 aromatic heterocycles. The fourth-order valence-corrected chi connectivity index (χ4v) is 2.53. The summed E-state index contributed by atoms with van der Waals surface area (Å²) in [5, 5.41) is 8.15. The highest BCUT2D eigenvalue weighted by molar-refractivity contribution is 5.41. The van der Waals surface area contributed by atoms with Gasteiger partial charge < -0.3 is 5.32 Å². The molecule has 2 aromatic rings. The molecule has 0 saturated heterocycles. The van der Waals surface area contributed by atoms with Gasteiger partial charge >= 0.3 is 0 Å². The first kappa shape index (κ1) is 11.3. The van der Waals surface area contributed by atoms with Crippen LogP contribution in [0.5, 0.6) is 0 Å². The van der Waals surface area contributed by atoms with Gasteiger partial charge in [-0.25, -0.2) is 4.68 Å². The number of pyridine rings is 1. The molecule has 1 aliphatic rings. The second kappa shape index (κ2) is 4.80. The van der Waals surface area contributed by atoms with E-state index in [0.29, 0.717) is 6.04 Å². The van der Waals surface area contributed by atoms with E-state index in [0.717, 1.165) is 31.6 Å². The van der Waals surface area contributed by atoms with Gasteiger partial charge in [0.05, 0.1) is 11.7 Å². The molecule has 94 valence electrons. The lowest BCUT2D eigenvalue weighted by atomic mass is 10.0. The Labute approximate surface area is 107 Å². The van der Waals surface area contributed by atoms with Crippen LogP contribution in [0.1, 0.15) is 37.1 Å². The largest absolute Gasteiger partial charge is 0.370 e. The minimum atomic E-state index is 0.320. The number of hydrogen-bond donors (Lipinski definition) is 1. The molecule has 0 fully saturated rings. The van der Waals surface area contributed by atoms with Crippen LogP contribution in [-0.4, -0.2) is 21.3 Å². The van der Waals surface area contributed by atoms with Gasteiger partial charge in [0.1, 0.15) is 5.82 Å². The van der Waals surface area contributed by atoms with Gasteiger partial charge in [-0.3, -0.25) is 4.98 Å². The zero-order valence-electron chi connectivity index (χ0n) is 10.6. The standard InChI is InChI=1S/C14H18N4/c1-2-4-12-9-14-16-8-6-13(18(14)17-12)11-5-3-7-15-10-11/h3,5,7,9-10,13,16H,2,4,6,8H2,1H3. The fraction of sp³-hybridized carbons (Fsp3) is 0.429. The van der Waals surface area contributed by atoms with Crippen LogP contribution in [0.3, 0.4) is 0 Å². The van der Waals surface area contributed by atoms with Gasteiger partial charge in [-0.2, -0.15) is 5.10 Å². The predicted molar refractivity (Wildman–Crippen MR) is 71.7 cm³/mol. The normalized spacial score (nSPS) is 18.2. The molecule has 18 heavy (non-hydrogen) atoms. The molecule has 0 spiro atoms. The molecule has 0 aromatic carbocycles. The van der Waals surface area contributed by atoms with E-state index in [9.17, 15) is 0 Å². The van der Waals surface area contributed by atoms with Crippen LogP contribution in [0.15, 0.2) is 30.6 Å². The van der Waals surface area contributed by atoms with Gasteiger partial charge in [0.25, 0.3) is 0 Å². The number of hydrogen-bond acceptors (Lipinski definition) is 3. The third-order valence-corrected chi connectivity index (χ3v) is 3.38. The van der Waals surface area contributed by atoms with Gasteiger partial charge in [0.2, 0.25) is 0 Å². The molecular formula is C14H18N4. The average molecular weight is 242 g/mol. The van der Waals surface area contributed by atoms with Crippen LogP contribution in [0.4, 0.5) is 5.82 Å². The summed E-state index contributed by atoms with van der Waals surface area (Å²) in [6.07, 6.45) is 7.00. The summed E-state index contributed by atoms with van der Waals surface area (Å²) in [5.74, 6) is 1.14. The van der Waals surface area contributed by atoms with Crippen molar-refractivity contribution in [3.63, 3.8) is 0 Å². The second-order valence-electron chi connectivity index (χ2n) is 4.73. The molecule has 0 aliphatic carbocycles. The quantitative estimate of drug-likeness (QED) is 0.899. The number of nitrogens with one attached hydrogen (secondary N) is 1. The molecule has 3 rings (SSSR count). The summed E-state index contributed by atoms with van der Waals surface area (Å²) in [4.78, 5) is 4.21. The first-order valence-corrected chi connectivity index (χ1v) is 6.60. The fourth-order valence-electron chi connectivity index (χ4n) is 2.53. The molecular weight excluding hydrogens is 224 g/mol. The Morgan fingerprint density at radius 2 is 2.44 bits per heavy atom. The molecule has 0 saturated carbocycles. The third kappa shape index (κ3) is 1.98. The summed E-state index contributed by atoms with van der Waals surface area (Å²) in [7, 11) is 0. The van der Waals surface area contributed by atoms with Crippen molar-refractivity contribution < 1.29 is 0 Å². The highest BCUT2D eigenvalue weighted by atomic mass is 15.4. The summed E-state index contributed by atoms with van der Waals surface area (Å²) in [5.41, 5.74) is 2.42. The van der Waals surface area contributed by atoms with E-state index in [1.54, 1.807) is 0 Å². The minimum Gasteiger partial charge on any atom is -0.370 e. The van der Waals surface area contributed by atoms with Crippen molar-refractivity contribution >= 4 is 5.82 Å². The van der Waals surface area contributed by atoms with Gasteiger partial charge in [0, 0.05) is 25.0 Å². The van der Waals surface area contributed by atoms with Crippen LogP contribution in [0.2, 0.25) is 0 Å². The van der Waals surface area contributed by atoms with Crippen LogP contribution >= 0.6 is 0 Å². The highest BCUT2D eigenvalue weighted by Gasteiger charge is 2.22. The lowest BCUT2D eigenvalue weighted by molar-refractivity contribution is 0.476. The monoisotopic (exact) mass is 242 g/mol. The van der Waals surface area contributed by atoms with Crippen LogP contribution in [0.25, 0.3) is 0 Å². The maximum absolute atomic E-state index is 4.72. The lowest BCUT2D eigenvalue weighted by Crippen LogP contribution is -2.24. The lowest BCUT2D eigenvalue weighted by Gasteiger charge is -2.25. The molecule has 4 heteroatoms. The van der Waals surface area contributed by atoms with Crippen molar-refractivity contribution in [3.05, 3.63) is 41.9 Å². The Balaban J connectivity index is 1.96. The average Bonchev–Trinajstić information content (AvgIpc) is 2.82. The van der Waals surface area contributed by atoms with Crippen molar-refractivity contribution in [3.8, 4) is 0 Å². The van der Waals surface area contributed by atoms with Gasteiger partial charge in [-0.05, 0) is 24.5 Å². The van der Waals surface area contributed by atoms with E-state index in [-0.39, 0.29) is 0 Å². The molecule has 4 nitrogen and oxygen atoms in total. The zero-order valence-corrected chi connectivity index (χ0v) is 10.6. The molecule has 1 N–H and O–H groups in total. The molecule has 0 bridgehead atoms. The Morgan fingerprint density at radius 3 is 3.22 bits per heavy atom. The summed E-state index contributed by atoms with van der Waals surface area (Å²) >= 11 is 0. The van der Waals surface area contributed by atoms with Crippen molar-refractivity contribution in [1.82, 2.24) is 14.8 Å². The Hall–Kier alpha value is -1.84. The highest BCUT2D eigenvalue weighted by Crippen LogP contribution is 2.29. The first-order chi connectivity index (χ1) is 8.88. The topological polar surface area (TPSA) is 42.7 Å². The van der Waals surface area contributed by atoms with Crippen molar-refractivity contribution in [2.75, 3.05) is 11.9 Å². The van der Waals surface area contributed by atoms with Gasteiger partial charge in [0.15, 0.2) is 0 Å². The maximum atomic E-state index is 4.72. The molecule has 0 amide bonds. The van der Waals surface area contributed by atoms with E-state index in [1.807, 2.05) is 18.5 Å².